The highest BCUT2D eigenvalue weighted by atomic mass is 32.2. The number of sulfonamides is 1. The van der Waals surface area contributed by atoms with Crippen LogP contribution < -0.4 is 10.0 Å². The lowest BCUT2D eigenvalue weighted by molar-refractivity contribution is -0.120. The van der Waals surface area contributed by atoms with Crippen LogP contribution in [0.2, 0.25) is 0 Å². The summed E-state index contributed by atoms with van der Waals surface area (Å²) >= 11 is 0. The van der Waals surface area contributed by atoms with Crippen LogP contribution in [-0.4, -0.2) is 26.6 Å². The van der Waals surface area contributed by atoms with Gasteiger partial charge in [0.25, 0.3) is 0 Å². The Balaban J connectivity index is 1.67. The maximum Gasteiger partial charge on any atom is 0.235 e. The smallest absolute Gasteiger partial charge is 0.235 e. The van der Waals surface area contributed by atoms with Crippen molar-refractivity contribution >= 4 is 15.9 Å². The van der Waals surface area contributed by atoms with E-state index in [4.69, 9.17) is 0 Å². The standard InChI is InChI=1S/C19H24N2O3S/c1-16-9-11-18(12-10-16)14-20-19(22)15-21-25(23,24)13-5-8-17-6-3-2-4-7-17/h2-4,6-7,9-12,21H,5,8,13-15H2,1H3,(H,20,22). The van der Waals surface area contributed by atoms with Crippen molar-refractivity contribution in [3.05, 3.63) is 71.3 Å². The van der Waals surface area contributed by atoms with Crippen molar-refractivity contribution in [1.29, 1.82) is 0 Å². The lowest BCUT2D eigenvalue weighted by Crippen LogP contribution is -2.37. The Morgan fingerprint density at radius 3 is 2.32 bits per heavy atom. The number of aryl methyl sites for hydroxylation is 2. The van der Waals surface area contributed by atoms with Gasteiger partial charge in [-0.2, -0.15) is 0 Å². The number of benzene rings is 2. The molecule has 6 heteroatoms. The topological polar surface area (TPSA) is 75.3 Å². The fourth-order valence-corrected chi connectivity index (χ4v) is 3.35. The highest BCUT2D eigenvalue weighted by Crippen LogP contribution is 2.04. The molecule has 134 valence electrons. The van der Waals surface area contributed by atoms with Crippen molar-refractivity contribution in [2.45, 2.75) is 26.3 Å². The Labute approximate surface area is 149 Å². The summed E-state index contributed by atoms with van der Waals surface area (Å²) in [5.74, 6) is -0.333. The molecular formula is C19H24N2O3S. The molecule has 0 saturated carbocycles. The lowest BCUT2D eigenvalue weighted by atomic mass is 10.1. The molecular weight excluding hydrogens is 336 g/mol. The van der Waals surface area contributed by atoms with Crippen LogP contribution in [0.4, 0.5) is 0 Å². The summed E-state index contributed by atoms with van der Waals surface area (Å²) in [6, 6.07) is 17.5. The number of amides is 1. The first-order valence-corrected chi connectivity index (χ1v) is 9.93. The van der Waals surface area contributed by atoms with Crippen LogP contribution in [0.3, 0.4) is 0 Å². The van der Waals surface area contributed by atoms with Gasteiger partial charge in [-0.1, -0.05) is 60.2 Å². The van der Waals surface area contributed by atoms with Gasteiger partial charge in [0.15, 0.2) is 0 Å². The molecule has 0 bridgehead atoms. The van der Waals surface area contributed by atoms with Crippen LogP contribution in [0.25, 0.3) is 0 Å². The van der Waals surface area contributed by atoms with E-state index in [0.29, 0.717) is 19.4 Å². The average Bonchev–Trinajstić information content (AvgIpc) is 2.60. The predicted molar refractivity (Wildman–Crippen MR) is 99.6 cm³/mol. The molecule has 0 aromatic heterocycles. The van der Waals surface area contributed by atoms with E-state index in [9.17, 15) is 13.2 Å². The third-order valence-electron chi connectivity index (χ3n) is 3.78. The van der Waals surface area contributed by atoms with Gasteiger partial charge >= 0.3 is 0 Å². The second-order valence-corrected chi connectivity index (χ2v) is 7.92. The molecule has 2 rings (SSSR count). The number of carbonyl (C=O) groups is 1. The minimum atomic E-state index is -3.45. The van der Waals surface area contributed by atoms with E-state index in [2.05, 4.69) is 10.0 Å². The van der Waals surface area contributed by atoms with Crippen molar-refractivity contribution in [3.63, 3.8) is 0 Å². The molecule has 0 fully saturated rings. The molecule has 0 atom stereocenters. The van der Waals surface area contributed by atoms with Crippen LogP contribution in [0.5, 0.6) is 0 Å². The lowest BCUT2D eigenvalue weighted by Gasteiger charge is -2.08. The average molecular weight is 360 g/mol. The van der Waals surface area contributed by atoms with Gasteiger partial charge in [-0.3, -0.25) is 4.79 Å². The summed E-state index contributed by atoms with van der Waals surface area (Å²) < 4.78 is 26.2. The van der Waals surface area contributed by atoms with Gasteiger partial charge in [-0.15, -0.1) is 0 Å². The van der Waals surface area contributed by atoms with Crippen LogP contribution in [-0.2, 0) is 27.8 Å². The first kappa shape index (κ1) is 19.1. The molecule has 1 amide bonds. The molecule has 2 aromatic rings. The Kier molecular flexibility index (Phi) is 7.16. The maximum atomic E-state index is 11.9. The predicted octanol–water partition coefficient (Wildman–Crippen LogP) is 2.16. The third kappa shape index (κ3) is 7.49. The van der Waals surface area contributed by atoms with Gasteiger partial charge in [0.2, 0.25) is 15.9 Å². The highest BCUT2D eigenvalue weighted by Gasteiger charge is 2.12. The number of hydrogen-bond acceptors (Lipinski definition) is 3. The molecule has 0 unspecified atom stereocenters. The van der Waals surface area contributed by atoms with Crippen LogP contribution >= 0.6 is 0 Å². The second-order valence-electron chi connectivity index (χ2n) is 5.99. The maximum absolute atomic E-state index is 11.9. The molecule has 0 spiro atoms. The fraction of sp³-hybridized carbons (Fsp3) is 0.316. The quantitative estimate of drug-likeness (QED) is 0.720. The normalized spacial score (nSPS) is 11.2. The van der Waals surface area contributed by atoms with Crippen molar-refractivity contribution in [1.82, 2.24) is 10.0 Å². The van der Waals surface area contributed by atoms with Crippen molar-refractivity contribution in [2.75, 3.05) is 12.3 Å². The molecule has 0 aliphatic rings. The zero-order valence-corrected chi connectivity index (χ0v) is 15.2. The van der Waals surface area contributed by atoms with Crippen LogP contribution in [0.15, 0.2) is 54.6 Å². The van der Waals surface area contributed by atoms with Gasteiger partial charge in [0, 0.05) is 6.54 Å². The summed E-state index contributed by atoms with van der Waals surface area (Å²) in [6.07, 6.45) is 1.21. The zero-order chi connectivity index (χ0) is 18.1. The van der Waals surface area contributed by atoms with E-state index < -0.39 is 10.0 Å². The molecule has 0 saturated heterocycles. The summed E-state index contributed by atoms with van der Waals surface area (Å²) in [4.78, 5) is 11.8. The van der Waals surface area contributed by atoms with E-state index in [1.165, 1.54) is 0 Å². The molecule has 2 aromatic carbocycles. The molecule has 0 radical (unpaired) electrons. The van der Waals surface area contributed by atoms with E-state index in [-0.39, 0.29) is 18.2 Å². The molecule has 2 N–H and O–H groups in total. The summed E-state index contributed by atoms with van der Waals surface area (Å²) in [5.41, 5.74) is 3.23. The molecule has 0 aliphatic carbocycles. The number of rotatable bonds is 9. The van der Waals surface area contributed by atoms with Crippen molar-refractivity contribution in [3.8, 4) is 0 Å². The molecule has 25 heavy (non-hydrogen) atoms. The largest absolute Gasteiger partial charge is 0.351 e. The number of carbonyl (C=O) groups excluding carboxylic acids is 1. The van der Waals surface area contributed by atoms with Gasteiger partial charge in [0.1, 0.15) is 0 Å². The van der Waals surface area contributed by atoms with Crippen LogP contribution in [0, 0.1) is 6.92 Å². The highest BCUT2D eigenvalue weighted by molar-refractivity contribution is 7.89. The Bertz CT molecular complexity index is 772. The number of nitrogens with one attached hydrogen (secondary N) is 2. The second kappa shape index (κ2) is 9.34. The van der Waals surface area contributed by atoms with E-state index in [1.54, 1.807) is 0 Å². The van der Waals surface area contributed by atoms with Crippen molar-refractivity contribution < 1.29 is 13.2 Å². The summed E-state index contributed by atoms with van der Waals surface area (Å²) in [7, 11) is -3.45. The van der Waals surface area contributed by atoms with Crippen molar-refractivity contribution in [2.24, 2.45) is 0 Å². The summed E-state index contributed by atoms with van der Waals surface area (Å²) in [5, 5.41) is 2.71. The van der Waals surface area contributed by atoms with E-state index in [0.717, 1.165) is 16.7 Å². The van der Waals surface area contributed by atoms with Gasteiger partial charge in [-0.05, 0) is 30.9 Å². The molecule has 5 nitrogen and oxygen atoms in total. The Morgan fingerprint density at radius 2 is 1.64 bits per heavy atom. The Morgan fingerprint density at radius 1 is 0.960 bits per heavy atom. The van der Waals surface area contributed by atoms with Crippen LogP contribution in [0.1, 0.15) is 23.1 Å². The third-order valence-corrected chi connectivity index (χ3v) is 5.19. The first-order chi connectivity index (χ1) is 11.9. The summed E-state index contributed by atoms with van der Waals surface area (Å²) in [6.45, 7) is 2.14. The van der Waals surface area contributed by atoms with Gasteiger partial charge in [0.05, 0.1) is 12.3 Å². The minimum absolute atomic E-state index is 0.00708. The molecule has 0 heterocycles. The first-order valence-electron chi connectivity index (χ1n) is 8.28. The number of hydrogen-bond donors (Lipinski definition) is 2. The van der Waals surface area contributed by atoms with Gasteiger partial charge in [-0.25, -0.2) is 13.1 Å². The van der Waals surface area contributed by atoms with E-state index >= 15 is 0 Å². The monoisotopic (exact) mass is 360 g/mol. The van der Waals surface area contributed by atoms with Gasteiger partial charge < -0.3 is 5.32 Å². The fourth-order valence-electron chi connectivity index (χ4n) is 2.33. The van der Waals surface area contributed by atoms with E-state index in [1.807, 2.05) is 61.5 Å². The SMILES string of the molecule is Cc1ccc(CNC(=O)CNS(=O)(=O)CCCc2ccccc2)cc1. The molecule has 0 aliphatic heterocycles. The Hall–Kier alpha value is -2.18. The minimum Gasteiger partial charge on any atom is -0.351 e. The zero-order valence-electron chi connectivity index (χ0n) is 14.4.